The lowest BCUT2D eigenvalue weighted by molar-refractivity contribution is -0.148. The molecule has 21 heavy (non-hydrogen) atoms. The lowest BCUT2D eigenvalue weighted by Gasteiger charge is -2.32. The maximum absolute atomic E-state index is 12.2. The largest absolute Gasteiger partial charge is 0.468 e. The minimum atomic E-state index is -0.454. The molecule has 2 atom stereocenters. The Kier molecular flexibility index (Phi) is 8.27. The molecule has 1 rings (SSSR count). The quantitative estimate of drug-likeness (QED) is 0.630. The van der Waals surface area contributed by atoms with Crippen LogP contribution in [0, 0.1) is 0 Å². The van der Waals surface area contributed by atoms with Gasteiger partial charge in [-0.15, -0.1) is 0 Å². The summed E-state index contributed by atoms with van der Waals surface area (Å²) in [4.78, 5) is 14.8. The summed E-state index contributed by atoms with van der Waals surface area (Å²) < 4.78 is 5.06. The number of carbonyl (C=O) groups is 1. The van der Waals surface area contributed by atoms with Gasteiger partial charge in [0.2, 0.25) is 0 Å². The number of likely N-dealkylation sites (N-methyl/N-ethyl adjacent to an activating group) is 1. The van der Waals surface area contributed by atoms with Gasteiger partial charge in [-0.25, -0.2) is 0 Å². The molecule has 0 aliphatic heterocycles. The predicted molar refractivity (Wildman–Crippen MR) is 87.5 cm³/mol. The second-order valence-electron chi connectivity index (χ2n) is 6.24. The number of nitrogens with one attached hydrogen (secondary N) is 1. The van der Waals surface area contributed by atoms with Gasteiger partial charge in [-0.3, -0.25) is 4.79 Å². The van der Waals surface area contributed by atoms with Crippen molar-refractivity contribution in [3.63, 3.8) is 0 Å². The lowest BCUT2D eigenvalue weighted by Crippen LogP contribution is -2.52. The predicted octanol–water partition coefficient (Wildman–Crippen LogP) is 2.96. The average molecular weight is 298 g/mol. The van der Waals surface area contributed by atoms with Gasteiger partial charge in [0.1, 0.15) is 5.54 Å². The van der Waals surface area contributed by atoms with E-state index >= 15 is 0 Å². The van der Waals surface area contributed by atoms with Crippen LogP contribution in [0.5, 0.6) is 0 Å². The summed E-state index contributed by atoms with van der Waals surface area (Å²) in [5.74, 6) is -0.0854. The van der Waals surface area contributed by atoms with E-state index in [-0.39, 0.29) is 5.97 Å². The monoisotopic (exact) mass is 298 g/mol. The second kappa shape index (κ2) is 9.42. The van der Waals surface area contributed by atoms with Gasteiger partial charge in [0.25, 0.3) is 0 Å². The molecular formula is C17H34N2O2. The Balaban J connectivity index is 2.71. The fraction of sp³-hybridized carbons (Fsp3) is 0.941. The fourth-order valence-corrected chi connectivity index (χ4v) is 3.48. The first kappa shape index (κ1) is 18.4. The van der Waals surface area contributed by atoms with Gasteiger partial charge in [-0.1, -0.05) is 33.6 Å². The highest BCUT2D eigenvalue weighted by Gasteiger charge is 2.46. The third-order valence-corrected chi connectivity index (χ3v) is 4.69. The molecule has 0 amide bonds. The first-order chi connectivity index (χ1) is 10.1. The molecule has 0 radical (unpaired) electrons. The summed E-state index contributed by atoms with van der Waals surface area (Å²) in [7, 11) is 1.50. The topological polar surface area (TPSA) is 41.6 Å². The van der Waals surface area contributed by atoms with Crippen LogP contribution in [-0.2, 0) is 9.53 Å². The fourth-order valence-electron chi connectivity index (χ4n) is 3.48. The number of hydrogen-bond donors (Lipinski definition) is 1. The Labute approximate surface area is 130 Å². The van der Waals surface area contributed by atoms with E-state index < -0.39 is 5.54 Å². The van der Waals surface area contributed by atoms with Gasteiger partial charge in [0, 0.05) is 6.04 Å². The lowest BCUT2D eigenvalue weighted by atomic mass is 9.97. The SMILES string of the molecule is CCCCN(CCCC)C1CCC(NCC)(C(=O)OC)C1. The van der Waals surface area contributed by atoms with E-state index in [2.05, 4.69) is 31.0 Å². The van der Waals surface area contributed by atoms with Crippen LogP contribution in [0.25, 0.3) is 0 Å². The van der Waals surface area contributed by atoms with E-state index in [0.29, 0.717) is 6.04 Å². The number of esters is 1. The second-order valence-corrected chi connectivity index (χ2v) is 6.24. The van der Waals surface area contributed by atoms with Crippen LogP contribution in [0.2, 0.25) is 0 Å². The molecule has 1 fully saturated rings. The van der Waals surface area contributed by atoms with E-state index in [0.717, 1.165) is 38.9 Å². The molecule has 4 heteroatoms. The van der Waals surface area contributed by atoms with E-state index in [4.69, 9.17) is 4.74 Å². The zero-order valence-corrected chi connectivity index (χ0v) is 14.4. The molecule has 0 saturated heterocycles. The van der Waals surface area contributed by atoms with Gasteiger partial charge in [0.05, 0.1) is 7.11 Å². The number of unbranched alkanes of at least 4 members (excludes halogenated alkanes) is 2. The molecule has 124 valence electrons. The van der Waals surface area contributed by atoms with Gasteiger partial charge in [-0.2, -0.15) is 0 Å². The summed E-state index contributed by atoms with van der Waals surface area (Å²) in [5.41, 5.74) is -0.454. The molecule has 0 bridgehead atoms. The first-order valence-electron chi connectivity index (χ1n) is 8.71. The van der Waals surface area contributed by atoms with Crippen molar-refractivity contribution in [2.24, 2.45) is 0 Å². The molecule has 1 aliphatic carbocycles. The highest BCUT2D eigenvalue weighted by Crippen LogP contribution is 2.34. The van der Waals surface area contributed by atoms with Gasteiger partial charge < -0.3 is 15.0 Å². The number of nitrogens with zero attached hydrogens (tertiary/aromatic N) is 1. The first-order valence-corrected chi connectivity index (χ1v) is 8.71. The summed E-state index contributed by atoms with van der Waals surface area (Å²) in [5, 5.41) is 3.40. The normalized spacial score (nSPS) is 25.5. The summed E-state index contributed by atoms with van der Waals surface area (Å²) in [6.07, 6.45) is 7.82. The van der Waals surface area contributed by atoms with Crippen molar-refractivity contribution in [1.29, 1.82) is 0 Å². The Hall–Kier alpha value is -0.610. The summed E-state index contributed by atoms with van der Waals surface area (Å²) in [6, 6.07) is 0.515. The molecule has 1 N–H and O–H groups in total. The van der Waals surface area contributed by atoms with Crippen molar-refractivity contribution in [3.8, 4) is 0 Å². The Morgan fingerprint density at radius 3 is 2.33 bits per heavy atom. The number of methoxy groups -OCH3 is 1. The number of ether oxygens (including phenoxy) is 1. The maximum atomic E-state index is 12.2. The van der Waals surface area contributed by atoms with Crippen molar-refractivity contribution in [2.75, 3.05) is 26.7 Å². The number of hydrogen-bond acceptors (Lipinski definition) is 4. The van der Waals surface area contributed by atoms with E-state index in [1.165, 1.54) is 32.8 Å². The van der Waals surface area contributed by atoms with Crippen molar-refractivity contribution in [1.82, 2.24) is 10.2 Å². The summed E-state index contributed by atoms with van der Waals surface area (Å²) >= 11 is 0. The number of carbonyl (C=O) groups excluding carboxylic acids is 1. The third kappa shape index (κ3) is 4.96. The molecule has 0 aromatic rings. The molecule has 4 nitrogen and oxygen atoms in total. The van der Waals surface area contributed by atoms with Crippen LogP contribution in [0.4, 0.5) is 0 Å². The molecule has 0 spiro atoms. The zero-order valence-electron chi connectivity index (χ0n) is 14.4. The Morgan fingerprint density at radius 1 is 1.24 bits per heavy atom. The van der Waals surface area contributed by atoms with Gasteiger partial charge >= 0.3 is 5.97 Å². The van der Waals surface area contributed by atoms with E-state index in [1.807, 2.05) is 0 Å². The van der Waals surface area contributed by atoms with Gasteiger partial charge in [-0.05, 0) is 51.7 Å². The zero-order chi connectivity index (χ0) is 15.7. The van der Waals surface area contributed by atoms with Crippen molar-refractivity contribution in [3.05, 3.63) is 0 Å². The van der Waals surface area contributed by atoms with Crippen molar-refractivity contribution >= 4 is 5.97 Å². The molecule has 1 aliphatic rings. The third-order valence-electron chi connectivity index (χ3n) is 4.69. The Morgan fingerprint density at radius 2 is 1.86 bits per heavy atom. The Bertz CT molecular complexity index is 301. The van der Waals surface area contributed by atoms with Crippen LogP contribution in [0.3, 0.4) is 0 Å². The van der Waals surface area contributed by atoms with Crippen LogP contribution in [0.1, 0.15) is 65.7 Å². The molecule has 2 unspecified atom stereocenters. The molecular weight excluding hydrogens is 264 g/mol. The minimum Gasteiger partial charge on any atom is -0.468 e. The van der Waals surface area contributed by atoms with E-state index in [1.54, 1.807) is 0 Å². The highest BCUT2D eigenvalue weighted by atomic mass is 16.5. The molecule has 0 aromatic heterocycles. The number of rotatable bonds is 10. The molecule has 0 aromatic carbocycles. The van der Waals surface area contributed by atoms with Gasteiger partial charge in [0.15, 0.2) is 0 Å². The molecule has 1 saturated carbocycles. The van der Waals surface area contributed by atoms with Crippen LogP contribution in [-0.4, -0.2) is 49.2 Å². The van der Waals surface area contributed by atoms with Crippen LogP contribution in [0.15, 0.2) is 0 Å². The van der Waals surface area contributed by atoms with Crippen LogP contribution < -0.4 is 5.32 Å². The van der Waals surface area contributed by atoms with E-state index in [9.17, 15) is 4.79 Å². The smallest absolute Gasteiger partial charge is 0.326 e. The minimum absolute atomic E-state index is 0.0854. The highest BCUT2D eigenvalue weighted by molar-refractivity contribution is 5.81. The summed E-state index contributed by atoms with van der Waals surface area (Å²) in [6.45, 7) is 9.67. The maximum Gasteiger partial charge on any atom is 0.326 e. The average Bonchev–Trinajstić information content (AvgIpc) is 2.92. The standard InChI is InChI=1S/C17H34N2O2/c1-5-8-12-19(13-9-6-2)15-10-11-17(14-15,18-7-3)16(20)21-4/h15,18H,5-14H2,1-4H3. The van der Waals surface area contributed by atoms with Crippen LogP contribution >= 0.6 is 0 Å². The molecule has 0 heterocycles. The van der Waals surface area contributed by atoms with Crippen molar-refractivity contribution in [2.45, 2.75) is 77.3 Å². The van der Waals surface area contributed by atoms with Crippen molar-refractivity contribution < 1.29 is 9.53 Å².